The van der Waals surface area contributed by atoms with Crippen molar-refractivity contribution in [2.24, 2.45) is 0 Å². The Kier molecular flexibility index (Phi) is 3.09. The fourth-order valence-corrected chi connectivity index (χ4v) is 2.23. The molecular weight excluding hydrogens is 268 g/mol. The molecule has 0 spiro atoms. The summed E-state index contributed by atoms with van der Waals surface area (Å²) in [6, 6.07) is 12.7. The van der Waals surface area contributed by atoms with Crippen LogP contribution in [-0.4, -0.2) is 25.6 Å². The van der Waals surface area contributed by atoms with Crippen LogP contribution >= 0.6 is 0 Å². The van der Waals surface area contributed by atoms with Gasteiger partial charge in [-0.3, -0.25) is 4.57 Å². The molecule has 0 unspecified atom stereocenters. The van der Waals surface area contributed by atoms with Gasteiger partial charge in [-0.25, -0.2) is 14.8 Å². The second-order valence-corrected chi connectivity index (χ2v) is 4.39. The summed E-state index contributed by atoms with van der Waals surface area (Å²) >= 11 is 0. The lowest BCUT2D eigenvalue weighted by atomic mass is 10.2. The zero-order chi connectivity index (χ0) is 14.8. The highest BCUT2D eigenvalue weighted by Crippen LogP contribution is 2.22. The molecule has 2 heterocycles. The normalized spacial score (nSPS) is 10.4. The molecule has 3 rings (SSSR count). The highest BCUT2D eigenvalue weighted by atomic mass is 16.4. The number of hydrogen-bond acceptors (Lipinski definition) is 4. The number of hydrogen-bond donors (Lipinski definition) is 1. The van der Waals surface area contributed by atoms with Crippen molar-refractivity contribution in [2.75, 3.05) is 0 Å². The molecule has 3 aromatic rings. The van der Waals surface area contributed by atoms with E-state index in [1.165, 1.54) is 12.3 Å². The third kappa shape index (κ3) is 2.21. The predicted molar refractivity (Wildman–Crippen MR) is 75.1 cm³/mol. The predicted octanol–water partition coefficient (Wildman–Crippen LogP) is 2.18. The maximum atomic E-state index is 11.1. The molecule has 6 nitrogen and oxygen atoms in total. The molecule has 2 aromatic heterocycles. The first-order valence-electron chi connectivity index (χ1n) is 6.23. The number of para-hydroxylation sites is 2. The van der Waals surface area contributed by atoms with Crippen molar-refractivity contribution in [1.82, 2.24) is 14.5 Å². The van der Waals surface area contributed by atoms with E-state index in [0.717, 1.165) is 11.0 Å². The van der Waals surface area contributed by atoms with E-state index in [2.05, 4.69) is 16.0 Å². The van der Waals surface area contributed by atoms with Gasteiger partial charge in [-0.15, -0.1) is 0 Å². The lowest BCUT2D eigenvalue weighted by molar-refractivity contribution is 0.0690. The third-order valence-corrected chi connectivity index (χ3v) is 3.09. The summed E-state index contributed by atoms with van der Waals surface area (Å²) < 4.78 is 1.78. The van der Waals surface area contributed by atoms with Crippen molar-refractivity contribution >= 4 is 17.0 Å². The number of nitrogens with zero attached hydrogens (tertiary/aromatic N) is 4. The van der Waals surface area contributed by atoms with Gasteiger partial charge < -0.3 is 5.11 Å². The van der Waals surface area contributed by atoms with Gasteiger partial charge in [-0.2, -0.15) is 5.26 Å². The fraction of sp³-hybridized carbons (Fsp3) is 0.0667. The van der Waals surface area contributed by atoms with Crippen LogP contribution < -0.4 is 0 Å². The van der Waals surface area contributed by atoms with Crippen LogP contribution in [-0.2, 0) is 6.42 Å². The van der Waals surface area contributed by atoms with E-state index >= 15 is 0 Å². The second-order valence-electron chi connectivity index (χ2n) is 4.39. The van der Waals surface area contributed by atoms with E-state index < -0.39 is 5.97 Å². The molecule has 0 atom stereocenters. The van der Waals surface area contributed by atoms with Crippen LogP contribution in [0.25, 0.3) is 16.7 Å². The largest absolute Gasteiger partial charge is 0.477 e. The number of pyridine rings is 1. The van der Waals surface area contributed by atoms with Crippen molar-refractivity contribution in [2.45, 2.75) is 6.42 Å². The van der Waals surface area contributed by atoms with Gasteiger partial charge in [0.25, 0.3) is 0 Å². The molecule has 0 bridgehead atoms. The Morgan fingerprint density at radius 3 is 2.90 bits per heavy atom. The zero-order valence-corrected chi connectivity index (χ0v) is 10.9. The van der Waals surface area contributed by atoms with Crippen LogP contribution in [0.4, 0.5) is 0 Å². The van der Waals surface area contributed by atoms with Crippen molar-refractivity contribution < 1.29 is 9.90 Å². The molecule has 6 heteroatoms. The number of aromatic carboxylic acids is 1. The van der Waals surface area contributed by atoms with Crippen molar-refractivity contribution in [3.8, 4) is 11.8 Å². The average Bonchev–Trinajstić information content (AvgIpc) is 2.85. The molecule has 0 aliphatic carbocycles. The van der Waals surface area contributed by atoms with Crippen LogP contribution in [0.5, 0.6) is 0 Å². The topological polar surface area (TPSA) is 91.8 Å². The first-order chi connectivity index (χ1) is 10.2. The highest BCUT2D eigenvalue weighted by molar-refractivity contribution is 5.86. The summed E-state index contributed by atoms with van der Waals surface area (Å²) in [5.74, 6) is -0.524. The van der Waals surface area contributed by atoms with Crippen LogP contribution in [0.3, 0.4) is 0 Å². The standard InChI is InChI=1S/C15H10N4O2/c16-7-5-14-18-11-3-1-2-4-13(11)19(14)10-6-8-17-12(9-10)15(20)21/h1-4,6,8-9H,5H2,(H,20,21). The summed E-state index contributed by atoms with van der Waals surface area (Å²) in [5.41, 5.74) is 2.16. The summed E-state index contributed by atoms with van der Waals surface area (Å²) in [6.45, 7) is 0. The van der Waals surface area contributed by atoms with Gasteiger partial charge in [-0.1, -0.05) is 12.1 Å². The quantitative estimate of drug-likeness (QED) is 0.792. The maximum absolute atomic E-state index is 11.1. The Morgan fingerprint density at radius 2 is 2.14 bits per heavy atom. The second kappa shape index (κ2) is 5.06. The first kappa shape index (κ1) is 12.8. The summed E-state index contributed by atoms with van der Waals surface area (Å²) in [4.78, 5) is 19.3. The molecule has 0 radical (unpaired) electrons. The summed E-state index contributed by atoms with van der Waals surface area (Å²) in [5, 5.41) is 18.0. The summed E-state index contributed by atoms with van der Waals surface area (Å²) in [6.07, 6.45) is 1.57. The monoisotopic (exact) mass is 278 g/mol. The van der Waals surface area contributed by atoms with E-state index in [0.29, 0.717) is 11.5 Å². The highest BCUT2D eigenvalue weighted by Gasteiger charge is 2.13. The van der Waals surface area contributed by atoms with Gasteiger partial charge in [0.15, 0.2) is 0 Å². The molecule has 21 heavy (non-hydrogen) atoms. The number of carboxylic acids is 1. The molecule has 0 aliphatic heterocycles. The molecule has 0 fully saturated rings. The minimum atomic E-state index is -1.09. The Morgan fingerprint density at radius 1 is 1.33 bits per heavy atom. The maximum Gasteiger partial charge on any atom is 0.354 e. The van der Waals surface area contributed by atoms with Gasteiger partial charge in [0.2, 0.25) is 0 Å². The van der Waals surface area contributed by atoms with Crippen LogP contribution in [0.2, 0.25) is 0 Å². The van der Waals surface area contributed by atoms with E-state index in [9.17, 15) is 4.79 Å². The lowest BCUT2D eigenvalue weighted by Gasteiger charge is -2.08. The molecule has 1 aromatic carbocycles. The number of rotatable bonds is 3. The number of imidazole rings is 1. The Hall–Kier alpha value is -3.20. The van der Waals surface area contributed by atoms with Gasteiger partial charge >= 0.3 is 5.97 Å². The Bertz CT molecular complexity index is 877. The van der Waals surface area contributed by atoms with E-state index in [1.807, 2.05) is 24.3 Å². The minimum Gasteiger partial charge on any atom is -0.477 e. The van der Waals surface area contributed by atoms with E-state index in [4.69, 9.17) is 10.4 Å². The van der Waals surface area contributed by atoms with E-state index in [1.54, 1.807) is 10.6 Å². The molecule has 102 valence electrons. The number of carbonyl (C=O) groups is 1. The number of aromatic nitrogens is 3. The van der Waals surface area contributed by atoms with Crippen LogP contribution in [0.1, 0.15) is 16.3 Å². The van der Waals surface area contributed by atoms with Crippen molar-refractivity contribution in [3.63, 3.8) is 0 Å². The zero-order valence-electron chi connectivity index (χ0n) is 10.9. The van der Waals surface area contributed by atoms with Crippen LogP contribution in [0, 0.1) is 11.3 Å². The number of benzene rings is 1. The van der Waals surface area contributed by atoms with Gasteiger partial charge in [0.05, 0.1) is 29.2 Å². The summed E-state index contributed by atoms with van der Waals surface area (Å²) in [7, 11) is 0. The fourth-order valence-electron chi connectivity index (χ4n) is 2.23. The van der Waals surface area contributed by atoms with Gasteiger partial charge in [0, 0.05) is 6.20 Å². The molecule has 0 saturated carbocycles. The molecule has 0 saturated heterocycles. The third-order valence-electron chi connectivity index (χ3n) is 3.09. The van der Waals surface area contributed by atoms with Crippen molar-refractivity contribution in [3.05, 3.63) is 54.1 Å². The SMILES string of the molecule is N#CCc1nc2ccccc2n1-c1ccnc(C(=O)O)c1. The average molecular weight is 278 g/mol. The molecule has 1 N–H and O–H groups in total. The molecule has 0 aliphatic rings. The number of carboxylic acid groups (broad SMARTS) is 1. The molecular formula is C15H10N4O2. The van der Waals surface area contributed by atoms with Gasteiger partial charge in [-0.05, 0) is 24.3 Å². The molecule has 0 amide bonds. The Labute approximate surface area is 119 Å². The smallest absolute Gasteiger partial charge is 0.354 e. The van der Waals surface area contributed by atoms with Crippen LogP contribution in [0.15, 0.2) is 42.6 Å². The lowest BCUT2D eigenvalue weighted by Crippen LogP contribution is -2.05. The number of fused-ring (bicyclic) bond motifs is 1. The van der Waals surface area contributed by atoms with Crippen molar-refractivity contribution in [1.29, 1.82) is 5.26 Å². The Balaban J connectivity index is 2.28. The van der Waals surface area contributed by atoms with E-state index in [-0.39, 0.29) is 12.1 Å². The number of nitriles is 1. The minimum absolute atomic E-state index is 0.0480. The first-order valence-corrected chi connectivity index (χ1v) is 6.23. The van der Waals surface area contributed by atoms with Gasteiger partial charge in [0.1, 0.15) is 11.5 Å².